The minimum Gasteiger partial charge on any atom is -0.478 e. The van der Waals surface area contributed by atoms with Gasteiger partial charge >= 0.3 is 0 Å². The summed E-state index contributed by atoms with van der Waals surface area (Å²) in [4.78, 5) is 4.59. The molecule has 0 saturated heterocycles. The van der Waals surface area contributed by atoms with Gasteiger partial charge in [0.15, 0.2) is 5.90 Å². The molecular weight excluding hydrogens is 310 g/mol. The van der Waals surface area contributed by atoms with E-state index in [1.807, 2.05) is 0 Å². The van der Waals surface area contributed by atoms with Crippen molar-refractivity contribution in [2.24, 2.45) is 4.99 Å². The molecule has 146 valence electrons. The number of allylic oxidation sites excluding steroid dienone is 1. The van der Waals surface area contributed by atoms with Gasteiger partial charge in [-0.05, 0) is 46.0 Å². The molecule has 0 saturated carbocycles. The number of unbranched alkanes of at least 4 members (excludes halogenated alkanes) is 8. The highest BCUT2D eigenvalue weighted by atomic mass is 16.5. The zero-order valence-electron chi connectivity index (χ0n) is 16.9. The van der Waals surface area contributed by atoms with Crippen molar-refractivity contribution in [1.82, 2.24) is 0 Å². The predicted octanol–water partition coefficient (Wildman–Crippen LogP) is 6.20. The maximum Gasteiger partial charge on any atom is 0.183 e. The first-order valence-electron chi connectivity index (χ1n) is 10.6. The number of hydrogen-bond acceptors (Lipinski definition) is 3. The lowest BCUT2D eigenvalue weighted by Gasteiger charge is -2.07. The number of ether oxygens (including phenoxy) is 1. The van der Waals surface area contributed by atoms with E-state index >= 15 is 0 Å². The highest BCUT2D eigenvalue weighted by Crippen LogP contribution is 2.19. The first kappa shape index (κ1) is 22.2. The summed E-state index contributed by atoms with van der Waals surface area (Å²) in [5, 5.41) is 9.90. The Morgan fingerprint density at radius 2 is 1.76 bits per heavy atom. The van der Waals surface area contributed by atoms with Crippen molar-refractivity contribution in [3.8, 4) is 0 Å². The average molecular weight is 352 g/mol. The number of rotatable bonds is 15. The van der Waals surface area contributed by atoms with Gasteiger partial charge < -0.3 is 9.84 Å². The maximum absolute atomic E-state index is 9.90. The molecule has 0 bridgehead atoms. The molecule has 0 aliphatic carbocycles. The van der Waals surface area contributed by atoms with E-state index in [0.717, 1.165) is 44.6 Å². The SMILES string of the molecule is CCCCCCC(O)CC=CCCCCCCCC1=NC(C)(C)CO1. The van der Waals surface area contributed by atoms with Crippen molar-refractivity contribution in [1.29, 1.82) is 0 Å². The van der Waals surface area contributed by atoms with Gasteiger partial charge in [0, 0.05) is 6.42 Å². The van der Waals surface area contributed by atoms with Crippen LogP contribution in [0.5, 0.6) is 0 Å². The molecule has 1 rings (SSSR count). The third-order valence-electron chi connectivity index (χ3n) is 4.75. The number of aliphatic hydroxyl groups excluding tert-OH is 1. The van der Waals surface area contributed by atoms with Gasteiger partial charge in [-0.3, -0.25) is 0 Å². The molecule has 3 nitrogen and oxygen atoms in total. The van der Waals surface area contributed by atoms with Crippen LogP contribution in [0, 0.1) is 0 Å². The Kier molecular flexibility index (Phi) is 11.9. The van der Waals surface area contributed by atoms with Crippen molar-refractivity contribution in [2.45, 2.75) is 116 Å². The van der Waals surface area contributed by atoms with Gasteiger partial charge in [0.05, 0.1) is 11.6 Å². The molecule has 1 atom stereocenters. The lowest BCUT2D eigenvalue weighted by atomic mass is 10.1. The molecule has 1 N–H and O–H groups in total. The molecule has 0 amide bonds. The zero-order valence-corrected chi connectivity index (χ0v) is 16.9. The van der Waals surface area contributed by atoms with Crippen molar-refractivity contribution < 1.29 is 9.84 Å². The Balaban J connectivity index is 1.86. The molecule has 0 aromatic carbocycles. The van der Waals surface area contributed by atoms with E-state index in [1.165, 1.54) is 51.4 Å². The van der Waals surface area contributed by atoms with E-state index in [2.05, 4.69) is 37.9 Å². The fourth-order valence-corrected chi connectivity index (χ4v) is 3.15. The van der Waals surface area contributed by atoms with Crippen LogP contribution in [0.2, 0.25) is 0 Å². The normalized spacial score (nSPS) is 17.7. The number of aliphatic imine (C=N–C) groups is 1. The molecule has 0 aromatic rings. The van der Waals surface area contributed by atoms with Crippen LogP contribution in [-0.2, 0) is 4.74 Å². The summed E-state index contributed by atoms with van der Waals surface area (Å²) < 4.78 is 5.62. The second-order valence-electron chi connectivity index (χ2n) is 8.12. The molecular formula is C22H41NO2. The van der Waals surface area contributed by atoms with Crippen molar-refractivity contribution in [2.75, 3.05) is 6.61 Å². The van der Waals surface area contributed by atoms with E-state index in [-0.39, 0.29) is 11.6 Å². The van der Waals surface area contributed by atoms with Gasteiger partial charge in [0.2, 0.25) is 0 Å². The quantitative estimate of drug-likeness (QED) is 0.282. The molecule has 1 heterocycles. The summed E-state index contributed by atoms with van der Waals surface area (Å²) in [5.74, 6) is 0.959. The highest BCUT2D eigenvalue weighted by molar-refractivity contribution is 5.78. The van der Waals surface area contributed by atoms with Crippen LogP contribution < -0.4 is 0 Å². The second-order valence-corrected chi connectivity index (χ2v) is 8.12. The third-order valence-corrected chi connectivity index (χ3v) is 4.75. The molecule has 1 unspecified atom stereocenters. The summed E-state index contributed by atoms with van der Waals surface area (Å²) in [6.07, 6.45) is 19.5. The Labute approximate surface area is 156 Å². The summed E-state index contributed by atoms with van der Waals surface area (Å²) in [6, 6.07) is 0. The van der Waals surface area contributed by atoms with Crippen LogP contribution in [0.15, 0.2) is 17.1 Å². The Hall–Kier alpha value is -0.830. The molecule has 25 heavy (non-hydrogen) atoms. The van der Waals surface area contributed by atoms with Crippen LogP contribution in [0.4, 0.5) is 0 Å². The topological polar surface area (TPSA) is 41.8 Å². The van der Waals surface area contributed by atoms with Crippen LogP contribution in [0.3, 0.4) is 0 Å². The van der Waals surface area contributed by atoms with E-state index in [9.17, 15) is 5.11 Å². The molecule has 0 spiro atoms. The molecule has 0 radical (unpaired) electrons. The minimum absolute atomic E-state index is 0.00917. The second kappa shape index (κ2) is 13.4. The molecule has 1 aliphatic heterocycles. The van der Waals surface area contributed by atoms with Gasteiger partial charge in [0.25, 0.3) is 0 Å². The largest absolute Gasteiger partial charge is 0.478 e. The fraction of sp³-hybridized carbons (Fsp3) is 0.864. The molecule has 3 heteroatoms. The van der Waals surface area contributed by atoms with Gasteiger partial charge in [-0.1, -0.05) is 64.0 Å². The Bertz CT molecular complexity index is 387. The predicted molar refractivity (Wildman–Crippen MR) is 108 cm³/mol. The van der Waals surface area contributed by atoms with Crippen LogP contribution in [0.1, 0.15) is 104 Å². The standard InChI is InChI=1S/C22H41NO2/c1-4-5-6-13-16-20(24)17-14-11-9-7-8-10-12-15-18-21-23-22(2,3)19-25-21/h11,14,20,24H,4-10,12-13,15-19H2,1-3H3. The van der Waals surface area contributed by atoms with Gasteiger partial charge in [0.1, 0.15) is 6.61 Å². The van der Waals surface area contributed by atoms with Crippen LogP contribution >= 0.6 is 0 Å². The van der Waals surface area contributed by atoms with Crippen molar-refractivity contribution in [3.05, 3.63) is 12.2 Å². The van der Waals surface area contributed by atoms with Gasteiger partial charge in [-0.15, -0.1) is 0 Å². The van der Waals surface area contributed by atoms with Crippen LogP contribution in [-0.4, -0.2) is 29.3 Å². The average Bonchev–Trinajstić information content (AvgIpc) is 2.92. The Morgan fingerprint density at radius 3 is 2.48 bits per heavy atom. The molecule has 1 aliphatic rings. The lowest BCUT2D eigenvalue weighted by Crippen LogP contribution is -2.17. The van der Waals surface area contributed by atoms with E-state index in [0.29, 0.717) is 0 Å². The van der Waals surface area contributed by atoms with Crippen molar-refractivity contribution in [3.63, 3.8) is 0 Å². The number of hydrogen-bond donors (Lipinski definition) is 1. The first-order chi connectivity index (χ1) is 12.0. The number of aliphatic hydroxyl groups is 1. The Morgan fingerprint density at radius 1 is 1.04 bits per heavy atom. The smallest absolute Gasteiger partial charge is 0.183 e. The summed E-state index contributed by atoms with van der Waals surface area (Å²) in [7, 11) is 0. The van der Waals surface area contributed by atoms with E-state index < -0.39 is 0 Å². The lowest BCUT2D eigenvalue weighted by molar-refractivity contribution is 0.163. The van der Waals surface area contributed by atoms with E-state index in [4.69, 9.17) is 4.74 Å². The summed E-state index contributed by atoms with van der Waals surface area (Å²) >= 11 is 0. The molecule has 0 aromatic heterocycles. The zero-order chi connectivity index (χ0) is 18.4. The monoisotopic (exact) mass is 351 g/mol. The van der Waals surface area contributed by atoms with E-state index in [1.54, 1.807) is 0 Å². The summed E-state index contributed by atoms with van der Waals surface area (Å²) in [6.45, 7) is 7.21. The fourth-order valence-electron chi connectivity index (χ4n) is 3.15. The molecule has 0 fully saturated rings. The third kappa shape index (κ3) is 12.2. The highest BCUT2D eigenvalue weighted by Gasteiger charge is 2.25. The van der Waals surface area contributed by atoms with Gasteiger partial charge in [-0.25, -0.2) is 4.99 Å². The minimum atomic E-state index is -0.140. The van der Waals surface area contributed by atoms with Crippen LogP contribution in [0.25, 0.3) is 0 Å². The summed E-state index contributed by atoms with van der Waals surface area (Å²) in [5.41, 5.74) is -0.00917. The van der Waals surface area contributed by atoms with Crippen molar-refractivity contribution >= 4 is 5.90 Å². The first-order valence-corrected chi connectivity index (χ1v) is 10.6. The van der Waals surface area contributed by atoms with Gasteiger partial charge in [-0.2, -0.15) is 0 Å². The maximum atomic E-state index is 9.90. The number of nitrogens with zero attached hydrogens (tertiary/aromatic N) is 1.